The van der Waals surface area contributed by atoms with Crippen molar-refractivity contribution in [2.45, 2.75) is 38.6 Å². The number of hydrogen-bond donors (Lipinski definition) is 1. The molecule has 0 saturated carbocycles. The molecular formula is C20H27FN2O3. The largest absolute Gasteiger partial charge is 0.381 e. The second kappa shape index (κ2) is 9.12. The second-order valence-corrected chi connectivity index (χ2v) is 7.27. The van der Waals surface area contributed by atoms with Crippen LogP contribution < -0.4 is 5.32 Å². The Labute approximate surface area is 153 Å². The van der Waals surface area contributed by atoms with Gasteiger partial charge in [0, 0.05) is 32.7 Å². The number of ether oxygens (including phenoxy) is 1. The van der Waals surface area contributed by atoms with Crippen molar-refractivity contribution in [1.29, 1.82) is 0 Å². The standard InChI is InChI=1S/C20H27FN2O3/c21-18-4-1-16(2-5-18)13-22-19(24)6-3-15-7-10-23(11-8-15)20(25)17-9-12-26-14-17/h1-2,4-5,15,17H,3,6-14H2,(H,22,24). The molecule has 2 heterocycles. The first kappa shape index (κ1) is 18.8. The number of benzene rings is 1. The number of likely N-dealkylation sites (tertiary alicyclic amines) is 1. The minimum atomic E-state index is -0.273. The van der Waals surface area contributed by atoms with E-state index in [0.29, 0.717) is 32.1 Å². The zero-order valence-corrected chi connectivity index (χ0v) is 15.1. The summed E-state index contributed by atoms with van der Waals surface area (Å²) in [4.78, 5) is 26.3. The number of rotatable bonds is 6. The monoisotopic (exact) mass is 362 g/mol. The first-order valence-corrected chi connectivity index (χ1v) is 9.49. The van der Waals surface area contributed by atoms with Gasteiger partial charge in [-0.15, -0.1) is 0 Å². The third-order valence-electron chi connectivity index (χ3n) is 5.39. The summed E-state index contributed by atoms with van der Waals surface area (Å²) in [5.41, 5.74) is 0.891. The van der Waals surface area contributed by atoms with Crippen LogP contribution >= 0.6 is 0 Å². The number of hydrogen-bond acceptors (Lipinski definition) is 3. The Hall–Kier alpha value is -1.95. The molecule has 0 radical (unpaired) electrons. The molecule has 1 N–H and O–H groups in total. The highest BCUT2D eigenvalue weighted by molar-refractivity contribution is 5.79. The van der Waals surface area contributed by atoms with Gasteiger partial charge < -0.3 is 15.0 Å². The van der Waals surface area contributed by atoms with Gasteiger partial charge in [-0.3, -0.25) is 9.59 Å². The minimum absolute atomic E-state index is 0.0240. The predicted molar refractivity (Wildman–Crippen MR) is 95.7 cm³/mol. The molecule has 0 bridgehead atoms. The van der Waals surface area contributed by atoms with Gasteiger partial charge in [-0.25, -0.2) is 4.39 Å². The van der Waals surface area contributed by atoms with Crippen LogP contribution in [0.15, 0.2) is 24.3 Å². The van der Waals surface area contributed by atoms with Crippen LogP contribution in [0, 0.1) is 17.7 Å². The highest BCUT2D eigenvalue weighted by Crippen LogP contribution is 2.24. The molecule has 2 aliphatic heterocycles. The van der Waals surface area contributed by atoms with Gasteiger partial charge in [0.25, 0.3) is 0 Å². The number of nitrogens with one attached hydrogen (secondary N) is 1. The molecule has 2 saturated heterocycles. The van der Waals surface area contributed by atoms with Gasteiger partial charge in [-0.05, 0) is 49.3 Å². The lowest BCUT2D eigenvalue weighted by atomic mass is 9.91. The minimum Gasteiger partial charge on any atom is -0.381 e. The highest BCUT2D eigenvalue weighted by Gasteiger charge is 2.30. The van der Waals surface area contributed by atoms with Gasteiger partial charge in [-0.1, -0.05) is 12.1 Å². The van der Waals surface area contributed by atoms with E-state index in [4.69, 9.17) is 4.74 Å². The maximum absolute atomic E-state index is 12.9. The first-order chi connectivity index (χ1) is 12.6. The molecule has 5 nitrogen and oxygen atoms in total. The van der Waals surface area contributed by atoms with Crippen LogP contribution in [0.5, 0.6) is 0 Å². The van der Waals surface area contributed by atoms with Gasteiger partial charge >= 0.3 is 0 Å². The lowest BCUT2D eigenvalue weighted by molar-refractivity contribution is -0.137. The Bertz CT molecular complexity index is 606. The number of piperidine rings is 1. The van der Waals surface area contributed by atoms with E-state index in [9.17, 15) is 14.0 Å². The molecule has 2 fully saturated rings. The lowest BCUT2D eigenvalue weighted by Crippen LogP contribution is -2.42. The molecule has 2 aliphatic rings. The third-order valence-corrected chi connectivity index (χ3v) is 5.39. The smallest absolute Gasteiger partial charge is 0.228 e. The average Bonchev–Trinajstić information content (AvgIpc) is 3.20. The highest BCUT2D eigenvalue weighted by atomic mass is 19.1. The second-order valence-electron chi connectivity index (χ2n) is 7.27. The van der Waals surface area contributed by atoms with Gasteiger partial charge in [0.15, 0.2) is 0 Å². The van der Waals surface area contributed by atoms with Crippen LogP contribution in [-0.2, 0) is 20.9 Å². The number of nitrogens with zero attached hydrogens (tertiary/aromatic N) is 1. The van der Waals surface area contributed by atoms with E-state index in [0.717, 1.165) is 44.3 Å². The van der Waals surface area contributed by atoms with E-state index < -0.39 is 0 Å². The number of carbonyl (C=O) groups is 2. The summed E-state index contributed by atoms with van der Waals surface area (Å²) in [7, 11) is 0. The van der Waals surface area contributed by atoms with E-state index in [-0.39, 0.29) is 23.5 Å². The zero-order valence-electron chi connectivity index (χ0n) is 15.1. The number of halogens is 1. The molecular weight excluding hydrogens is 335 g/mol. The van der Waals surface area contributed by atoms with Crippen LogP contribution in [0.3, 0.4) is 0 Å². The normalized spacial score (nSPS) is 21.0. The summed E-state index contributed by atoms with van der Waals surface area (Å²) in [6.45, 7) is 3.26. The van der Waals surface area contributed by atoms with E-state index in [1.807, 2.05) is 4.90 Å². The molecule has 0 aliphatic carbocycles. The molecule has 1 atom stereocenters. The molecule has 2 amide bonds. The molecule has 6 heteroatoms. The lowest BCUT2D eigenvalue weighted by Gasteiger charge is -2.33. The summed E-state index contributed by atoms with van der Waals surface area (Å²) in [5, 5.41) is 2.88. The van der Waals surface area contributed by atoms with E-state index in [1.165, 1.54) is 12.1 Å². The molecule has 142 valence electrons. The Morgan fingerprint density at radius 2 is 1.88 bits per heavy atom. The van der Waals surface area contributed by atoms with E-state index in [1.54, 1.807) is 12.1 Å². The van der Waals surface area contributed by atoms with Gasteiger partial charge in [0.05, 0.1) is 12.5 Å². The van der Waals surface area contributed by atoms with Crippen LogP contribution in [0.2, 0.25) is 0 Å². The number of carbonyl (C=O) groups excluding carboxylic acids is 2. The van der Waals surface area contributed by atoms with Gasteiger partial charge in [0.2, 0.25) is 11.8 Å². The third kappa shape index (κ3) is 5.27. The van der Waals surface area contributed by atoms with Crippen molar-refractivity contribution in [3.63, 3.8) is 0 Å². The quantitative estimate of drug-likeness (QED) is 0.846. The van der Waals surface area contributed by atoms with Crippen molar-refractivity contribution in [1.82, 2.24) is 10.2 Å². The van der Waals surface area contributed by atoms with Crippen molar-refractivity contribution in [3.05, 3.63) is 35.6 Å². The Morgan fingerprint density at radius 1 is 1.15 bits per heavy atom. The molecule has 26 heavy (non-hydrogen) atoms. The zero-order chi connectivity index (χ0) is 18.4. The van der Waals surface area contributed by atoms with Crippen LogP contribution in [0.25, 0.3) is 0 Å². The van der Waals surface area contributed by atoms with Crippen LogP contribution in [0.1, 0.15) is 37.7 Å². The summed E-state index contributed by atoms with van der Waals surface area (Å²) in [6, 6.07) is 6.15. The summed E-state index contributed by atoms with van der Waals surface area (Å²) in [5.74, 6) is 0.526. The van der Waals surface area contributed by atoms with Crippen molar-refractivity contribution < 1.29 is 18.7 Å². The Balaban J connectivity index is 1.32. The summed E-state index contributed by atoms with van der Waals surface area (Å²) >= 11 is 0. The van der Waals surface area contributed by atoms with Gasteiger partial charge in [0.1, 0.15) is 5.82 Å². The van der Waals surface area contributed by atoms with Crippen molar-refractivity contribution in [2.24, 2.45) is 11.8 Å². The fraction of sp³-hybridized carbons (Fsp3) is 0.600. The van der Waals surface area contributed by atoms with Crippen LogP contribution in [-0.4, -0.2) is 43.0 Å². The van der Waals surface area contributed by atoms with Crippen molar-refractivity contribution in [3.8, 4) is 0 Å². The van der Waals surface area contributed by atoms with Crippen molar-refractivity contribution >= 4 is 11.8 Å². The Morgan fingerprint density at radius 3 is 2.54 bits per heavy atom. The molecule has 3 rings (SSSR count). The summed E-state index contributed by atoms with van der Waals surface area (Å²) < 4.78 is 18.2. The number of amides is 2. The fourth-order valence-electron chi connectivity index (χ4n) is 3.66. The predicted octanol–water partition coefficient (Wildman–Crippen LogP) is 2.50. The Kier molecular flexibility index (Phi) is 6.61. The van der Waals surface area contributed by atoms with E-state index in [2.05, 4.69) is 5.32 Å². The molecule has 1 aromatic rings. The van der Waals surface area contributed by atoms with E-state index >= 15 is 0 Å². The molecule has 0 spiro atoms. The average molecular weight is 362 g/mol. The maximum atomic E-state index is 12.9. The molecule has 0 aromatic heterocycles. The SMILES string of the molecule is O=C(CCC1CCN(C(=O)C2CCOC2)CC1)NCc1ccc(F)cc1. The summed E-state index contributed by atoms with van der Waals surface area (Å²) in [6.07, 6.45) is 4.11. The van der Waals surface area contributed by atoms with Crippen LogP contribution in [0.4, 0.5) is 4.39 Å². The van der Waals surface area contributed by atoms with Gasteiger partial charge in [-0.2, -0.15) is 0 Å². The maximum Gasteiger partial charge on any atom is 0.228 e. The fourth-order valence-corrected chi connectivity index (χ4v) is 3.66. The topological polar surface area (TPSA) is 58.6 Å². The first-order valence-electron chi connectivity index (χ1n) is 9.49. The van der Waals surface area contributed by atoms with Crippen molar-refractivity contribution in [2.75, 3.05) is 26.3 Å². The molecule has 1 aromatic carbocycles. The molecule has 1 unspecified atom stereocenters.